The molecule has 0 aromatic carbocycles. The summed E-state index contributed by atoms with van der Waals surface area (Å²) in [4.78, 5) is 8.61. The van der Waals surface area contributed by atoms with Crippen molar-refractivity contribution in [2.24, 2.45) is 0 Å². The van der Waals surface area contributed by atoms with Gasteiger partial charge < -0.3 is 4.74 Å². The number of allylic oxidation sites excluding steroid dienone is 1. The van der Waals surface area contributed by atoms with Crippen molar-refractivity contribution in [3.63, 3.8) is 0 Å². The molecule has 1 aromatic heterocycles. The lowest BCUT2D eigenvalue weighted by Crippen LogP contribution is -2.02. The van der Waals surface area contributed by atoms with Gasteiger partial charge in [0.25, 0.3) is 0 Å². The van der Waals surface area contributed by atoms with Crippen molar-refractivity contribution in [3.05, 3.63) is 29.1 Å². The van der Waals surface area contributed by atoms with E-state index in [1.54, 1.807) is 6.07 Å². The first-order valence-corrected chi connectivity index (χ1v) is 6.32. The Labute approximate surface area is 105 Å². The van der Waals surface area contributed by atoms with Gasteiger partial charge in [-0.15, -0.1) is 6.58 Å². The molecular weight excluding hydrogens is 268 g/mol. The third kappa shape index (κ3) is 4.75. The summed E-state index contributed by atoms with van der Waals surface area (Å²) >= 11 is 3.36. The molecule has 0 aliphatic heterocycles. The molecule has 88 valence electrons. The van der Waals surface area contributed by atoms with Gasteiger partial charge in [0.2, 0.25) is 5.88 Å². The normalized spacial score (nSPS) is 10.1. The Kier molecular flexibility index (Phi) is 6.08. The molecule has 0 saturated heterocycles. The van der Waals surface area contributed by atoms with Crippen molar-refractivity contribution < 1.29 is 4.74 Å². The molecule has 1 aromatic rings. The Morgan fingerprint density at radius 1 is 1.50 bits per heavy atom. The first-order chi connectivity index (χ1) is 7.76. The van der Waals surface area contributed by atoms with E-state index < -0.39 is 0 Å². The van der Waals surface area contributed by atoms with Crippen LogP contribution in [-0.2, 0) is 6.42 Å². The van der Waals surface area contributed by atoms with E-state index in [1.807, 2.05) is 6.08 Å². The second-order valence-electron chi connectivity index (χ2n) is 3.47. The van der Waals surface area contributed by atoms with Crippen LogP contribution >= 0.6 is 15.9 Å². The maximum atomic E-state index is 5.55. The van der Waals surface area contributed by atoms with Crippen LogP contribution in [0.3, 0.4) is 0 Å². The highest BCUT2D eigenvalue weighted by atomic mass is 79.9. The third-order valence-electron chi connectivity index (χ3n) is 1.99. The maximum Gasteiger partial charge on any atom is 0.217 e. The van der Waals surface area contributed by atoms with Crippen molar-refractivity contribution in [3.8, 4) is 5.88 Å². The summed E-state index contributed by atoms with van der Waals surface area (Å²) < 4.78 is 6.33. The van der Waals surface area contributed by atoms with Crippen molar-refractivity contribution in [2.45, 2.75) is 32.6 Å². The fourth-order valence-electron chi connectivity index (χ4n) is 1.26. The molecule has 1 rings (SSSR count). The van der Waals surface area contributed by atoms with E-state index in [4.69, 9.17) is 4.74 Å². The average Bonchev–Trinajstić information content (AvgIpc) is 2.24. The predicted octanol–water partition coefficient (Wildman–Crippen LogP) is 3.54. The van der Waals surface area contributed by atoms with E-state index in [0.717, 1.165) is 36.1 Å². The SMILES string of the molecule is C=CCCCOc1cc(Br)nc(CCC)n1. The molecule has 0 aliphatic rings. The number of nitrogens with zero attached hydrogens (tertiary/aromatic N) is 2. The number of unbranched alkanes of at least 4 members (excludes halogenated alkanes) is 1. The van der Waals surface area contributed by atoms with E-state index in [0.29, 0.717) is 12.5 Å². The lowest BCUT2D eigenvalue weighted by atomic mass is 10.3. The van der Waals surface area contributed by atoms with Gasteiger partial charge in [-0.2, -0.15) is 4.98 Å². The molecule has 0 bridgehead atoms. The summed E-state index contributed by atoms with van der Waals surface area (Å²) in [5.74, 6) is 1.48. The number of hydrogen-bond donors (Lipinski definition) is 0. The monoisotopic (exact) mass is 284 g/mol. The topological polar surface area (TPSA) is 35.0 Å². The van der Waals surface area contributed by atoms with Crippen LogP contribution in [-0.4, -0.2) is 16.6 Å². The van der Waals surface area contributed by atoms with Gasteiger partial charge in [0.1, 0.15) is 10.4 Å². The minimum atomic E-state index is 0.648. The second-order valence-corrected chi connectivity index (χ2v) is 4.29. The Balaban J connectivity index is 2.54. The van der Waals surface area contributed by atoms with Crippen LogP contribution in [0.1, 0.15) is 32.0 Å². The summed E-state index contributed by atoms with van der Waals surface area (Å²) in [5, 5.41) is 0. The van der Waals surface area contributed by atoms with Crippen LogP contribution in [0.5, 0.6) is 5.88 Å². The van der Waals surface area contributed by atoms with E-state index in [-0.39, 0.29) is 0 Å². The molecule has 0 fully saturated rings. The van der Waals surface area contributed by atoms with E-state index >= 15 is 0 Å². The molecule has 3 nitrogen and oxygen atoms in total. The van der Waals surface area contributed by atoms with Crippen LogP contribution < -0.4 is 4.74 Å². The molecule has 4 heteroatoms. The standard InChI is InChI=1S/C12H17BrN2O/c1-3-5-6-8-16-12-9-10(13)14-11(15-12)7-4-2/h3,9H,1,4-8H2,2H3. The summed E-state index contributed by atoms with van der Waals surface area (Å²) in [7, 11) is 0. The maximum absolute atomic E-state index is 5.55. The zero-order valence-electron chi connectivity index (χ0n) is 9.58. The first-order valence-electron chi connectivity index (χ1n) is 5.53. The first kappa shape index (κ1) is 13.2. The summed E-state index contributed by atoms with van der Waals surface area (Å²) in [6.45, 7) is 6.44. The molecule has 0 aliphatic carbocycles. The number of aryl methyl sites for hydroxylation is 1. The van der Waals surface area contributed by atoms with Crippen LogP contribution in [0.15, 0.2) is 23.3 Å². The predicted molar refractivity (Wildman–Crippen MR) is 68.7 cm³/mol. The highest BCUT2D eigenvalue weighted by molar-refractivity contribution is 9.10. The van der Waals surface area contributed by atoms with Gasteiger partial charge in [0, 0.05) is 12.5 Å². The lowest BCUT2D eigenvalue weighted by Gasteiger charge is -2.06. The number of ether oxygens (including phenoxy) is 1. The van der Waals surface area contributed by atoms with Crippen LogP contribution in [0.25, 0.3) is 0 Å². The minimum absolute atomic E-state index is 0.648. The number of hydrogen-bond acceptors (Lipinski definition) is 3. The molecule has 0 spiro atoms. The van der Waals surface area contributed by atoms with Gasteiger partial charge >= 0.3 is 0 Å². The Hall–Kier alpha value is -0.900. The molecule has 0 amide bonds. The van der Waals surface area contributed by atoms with Gasteiger partial charge in [-0.3, -0.25) is 0 Å². The largest absolute Gasteiger partial charge is 0.478 e. The lowest BCUT2D eigenvalue weighted by molar-refractivity contribution is 0.298. The van der Waals surface area contributed by atoms with Gasteiger partial charge in [0.05, 0.1) is 6.61 Å². The van der Waals surface area contributed by atoms with Gasteiger partial charge in [-0.1, -0.05) is 13.0 Å². The molecule has 0 radical (unpaired) electrons. The van der Waals surface area contributed by atoms with Gasteiger partial charge in [-0.25, -0.2) is 4.98 Å². The van der Waals surface area contributed by atoms with Gasteiger partial charge in [0.15, 0.2) is 0 Å². The van der Waals surface area contributed by atoms with E-state index in [1.165, 1.54) is 0 Å². The average molecular weight is 285 g/mol. The molecule has 16 heavy (non-hydrogen) atoms. The molecule has 1 heterocycles. The fraction of sp³-hybridized carbons (Fsp3) is 0.500. The molecule has 0 unspecified atom stereocenters. The zero-order valence-corrected chi connectivity index (χ0v) is 11.2. The van der Waals surface area contributed by atoms with E-state index in [9.17, 15) is 0 Å². The second kappa shape index (κ2) is 7.39. The van der Waals surface area contributed by atoms with Crippen LogP contribution in [0.4, 0.5) is 0 Å². The highest BCUT2D eigenvalue weighted by Gasteiger charge is 2.03. The minimum Gasteiger partial charge on any atom is -0.478 e. The molecular formula is C12H17BrN2O. The quantitative estimate of drug-likeness (QED) is 0.436. The van der Waals surface area contributed by atoms with Gasteiger partial charge in [-0.05, 0) is 35.2 Å². The van der Waals surface area contributed by atoms with Crippen molar-refractivity contribution >= 4 is 15.9 Å². The number of aromatic nitrogens is 2. The highest BCUT2D eigenvalue weighted by Crippen LogP contribution is 2.15. The molecule has 0 saturated carbocycles. The molecule has 0 N–H and O–H groups in total. The Morgan fingerprint density at radius 2 is 2.31 bits per heavy atom. The Morgan fingerprint density at radius 3 is 3.00 bits per heavy atom. The van der Waals surface area contributed by atoms with Crippen LogP contribution in [0.2, 0.25) is 0 Å². The summed E-state index contributed by atoms with van der Waals surface area (Å²) in [6.07, 6.45) is 5.74. The van der Waals surface area contributed by atoms with Crippen molar-refractivity contribution in [2.75, 3.05) is 6.61 Å². The van der Waals surface area contributed by atoms with Crippen molar-refractivity contribution in [1.29, 1.82) is 0 Å². The van der Waals surface area contributed by atoms with E-state index in [2.05, 4.69) is 39.4 Å². The molecule has 0 atom stereocenters. The zero-order chi connectivity index (χ0) is 11.8. The fourth-order valence-corrected chi connectivity index (χ4v) is 1.66. The third-order valence-corrected chi connectivity index (χ3v) is 2.40. The number of rotatable bonds is 7. The summed E-state index contributed by atoms with van der Waals surface area (Å²) in [5.41, 5.74) is 0. The smallest absolute Gasteiger partial charge is 0.217 e. The number of halogens is 1. The van der Waals surface area contributed by atoms with Crippen molar-refractivity contribution in [1.82, 2.24) is 9.97 Å². The van der Waals surface area contributed by atoms with Crippen LogP contribution in [0, 0.1) is 0 Å². The summed E-state index contributed by atoms with van der Waals surface area (Å²) in [6, 6.07) is 1.80. The Bertz CT molecular complexity index is 342.